The van der Waals surface area contributed by atoms with Crippen LogP contribution in [0.25, 0.3) is 0 Å². The number of nitrogens with one attached hydrogen (secondary N) is 1. The molecular formula is C20H18FN3O2. The van der Waals surface area contributed by atoms with E-state index in [4.69, 9.17) is 10.5 Å². The summed E-state index contributed by atoms with van der Waals surface area (Å²) in [6.45, 7) is 0.529. The standard InChI is InChI=1S/C20H18FN3O2/c21-16-6-3-14(4-7-16)13-26-19-8-5-15(11-22)10-18(19)20(25)24-17-2-1-9-23-12-17/h1-10,12H,11,13,22H2,(H,24,25). The third-order valence-corrected chi connectivity index (χ3v) is 3.75. The average Bonchev–Trinajstić information content (AvgIpc) is 2.68. The Kier molecular flexibility index (Phi) is 5.56. The van der Waals surface area contributed by atoms with Gasteiger partial charge in [-0.1, -0.05) is 18.2 Å². The highest BCUT2D eigenvalue weighted by Gasteiger charge is 2.14. The lowest BCUT2D eigenvalue weighted by Crippen LogP contribution is -2.14. The quantitative estimate of drug-likeness (QED) is 0.712. The molecule has 3 aromatic rings. The number of pyridine rings is 1. The molecule has 1 aromatic heterocycles. The van der Waals surface area contributed by atoms with Crippen LogP contribution in [0.15, 0.2) is 67.0 Å². The van der Waals surface area contributed by atoms with Gasteiger partial charge in [-0.05, 0) is 47.5 Å². The Morgan fingerprint density at radius 1 is 1.12 bits per heavy atom. The molecule has 0 saturated carbocycles. The van der Waals surface area contributed by atoms with Gasteiger partial charge in [0.15, 0.2) is 0 Å². The molecule has 2 aromatic carbocycles. The summed E-state index contributed by atoms with van der Waals surface area (Å²) < 4.78 is 18.8. The minimum Gasteiger partial charge on any atom is -0.488 e. The summed E-state index contributed by atoms with van der Waals surface area (Å²) in [5.41, 5.74) is 8.25. The van der Waals surface area contributed by atoms with E-state index in [9.17, 15) is 9.18 Å². The number of aromatic nitrogens is 1. The summed E-state index contributed by atoms with van der Waals surface area (Å²) in [6.07, 6.45) is 3.19. The normalized spacial score (nSPS) is 10.4. The molecule has 0 unspecified atom stereocenters. The Hall–Kier alpha value is -3.25. The van der Waals surface area contributed by atoms with Crippen LogP contribution in [0.5, 0.6) is 5.75 Å². The summed E-state index contributed by atoms with van der Waals surface area (Å²) in [5.74, 6) is -0.201. The van der Waals surface area contributed by atoms with Crippen LogP contribution < -0.4 is 15.8 Å². The number of hydrogen-bond acceptors (Lipinski definition) is 4. The highest BCUT2D eigenvalue weighted by Crippen LogP contribution is 2.23. The number of amides is 1. The predicted molar refractivity (Wildman–Crippen MR) is 97.3 cm³/mol. The third-order valence-electron chi connectivity index (χ3n) is 3.75. The van der Waals surface area contributed by atoms with Crippen molar-refractivity contribution in [1.82, 2.24) is 4.98 Å². The van der Waals surface area contributed by atoms with Crippen molar-refractivity contribution in [3.05, 3.63) is 89.5 Å². The minimum atomic E-state index is -0.317. The zero-order chi connectivity index (χ0) is 18.4. The molecule has 0 fully saturated rings. The zero-order valence-electron chi connectivity index (χ0n) is 14.0. The molecule has 0 saturated heterocycles. The Morgan fingerprint density at radius 2 is 1.88 bits per heavy atom. The van der Waals surface area contributed by atoms with Crippen molar-refractivity contribution < 1.29 is 13.9 Å². The number of ether oxygens (including phenoxy) is 1. The first-order valence-electron chi connectivity index (χ1n) is 8.07. The molecule has 1 heterocycles. The van der Waals surface area contributed by atoms with Crippen molar-refractivity contribution in [2.45, 2.75) is 13.2 Å². The molecule has 1 amide bonds. The SMILES string of the molecule is NCc1ccc(OCc2ccc(F)cc2)c(C(=O)Nc2cccnc2)c1. The Balaban J connectivity index is 1.80. The molecule has 0 aliphatic carbocycles. The monoisotopic (exact) mass is 351 g/mol. The van der Waals surface area contributed by atoms with Crippen molar-refractivity contribution in [3.63, 3.8) is 0 Å². The Labute approximate surface area is 150 Å². The molecule has 5 nitrogen and oxygen atoms in total. The Morgan fingerprint density at radius 3 is 2.58 bits per heavy atom. The number of carbonyl (C=O) groups is 1. The first-order valence-corrected chi connectivity index (χ1v) is 8.07. The van der Waals surface area contributed by atoms with Gasteiger partial charge >= 0.3 is 0 Å². The van der Waals surface area contributed by atoms with Crippen molar-refractivity contribution in [2.24, 2.45) is 5.73 Å². The lowest BCUT2D eigenvalue weighted by Gasteiger charge is -2.13. The molecule has 26 heavy (non-hydrogen) atoms. The first kappa shape index (κ1) is 17.6. The fraction of sp³-hybridized carbons (Fsp3) is 0.100. The van der Waals surface area contributed by atoms with Crippen LogP contribution in [0.4, 0.5) is 10.1 Å². The number of benzene rings is 2. The van der Waals surface area contributed by atoms with Gasteiger partial charge in [-0.25, -0.2) is 4.39 Å². The molecule has 0 aliphatic heterocycles. The van der Waals surface area contributed by atoms with Crippen LogP contribution in [-0.4, -0.2) is 10.9 Å². The molecule has 6 heteroatoms. The molecule has 3 N–H and O–H groups in total. The van der Waals surface area contributed by atoms with Gasteiger partial charge in [-0.3, -0.25) is 9.78 Å². The number of hydrogen-bond donors (Lipinski definition) is 2. The van der Waals surface area contributed by atoms with E-state index >= 15 is 0 Å². The largest absolute Gasteiger partial charge is 0.488 e. The van der Waals surface area contributed by atoms with Gasteiger partial charge in [-0.15, -0.1) is 0 Å². The smallest absolute Gasteiger partial charge is 0.259 e. The summed E-state index contributed by atoms with van der Waals surface area (Å²) in [4.78, 5) is 16.6. The number of halogens is 1. The van der Waals surface area contributed by atoms with Crippen LogP contribution in [0, 0.1) is 5.82 Å². The number of nitrogens with zero attached hydrogens (tertiary/aromatic N) is 1. The van der Waals surface area contributed by atoms with E-state index in [0.29, 0.717) is 23.5 Å². The van der Waals surface area contributed by atoms with E-state index in [0.717, 1.165) is 11.1 Å². The minimum absolute atomic E-state index is 0.218. The van der Waals surface area contributed by atoms with Crippen LogP contribution >= 0.6 is 0 Å². The second-order valence-corrected chi connectivity index (χ2v) is 5.65. The van der Waals surface area contributed by atoms with Crippen LogP contribution in [0.3, 0.4) is 0 Å². The number of carbonyl (C=O) groups excluding carboxylic acids is 1. The molecule has 0 aliphatic rings. The maximum atomic E-state index is 13.0. The van der Waals surface area contributed by atoms with Crippen molar-refractivity contribution in [1.29, 1.82) is 0 Å². The van der Waals surface area contributed by atoms with Gasteiger partial charge < -0.3 is 15.8 Å². The fourth-order valence-electron chi connectivity index (χ4n) is 2.38. The number of rotatable bonds is 6. The van der Waals surface area contributed by atoms with Crippen molar-refractivity contribution in [3.8, 4) is 5.75 Å². The van der Waals surface area contributed by atoms with Gasteiger partial charge in [0, 0.05) is 12.7 Å². The predicted octanol–water partition coefficient (Wildman–Crippen LogP) is 3.51. The van der Waals surface area contributed by atoms with Crippen LogP contribution in [-0.2, 0) is 13.2 Å². The molecule has 0 bridgehead atoms. The Bertz CT molecular complexity index is 883. The number of nitrogens with two attached hydrogens (primary N) is 1. The zero-order valence-corrected chi connectivity index (χ0v) is 14.0. The average molecular weight is 351 g/mol. The van der Waals surface area contributed by atoms with Gasteiger partial charge in [0.1, 0.15) is 18.2 Å². The maximum absolute atomic E-state index is 13.0. The van der Waals surface area contributed by atoms with Gasteiger partial charge in [0.05, 0.1) is 17.4 Å². The summed E-state index contributed by atoms with van der Waals surface area (Å²) in [6, 6.07) is 14.7. The lowest BCUT2D eigenvalue weighted by atomic mass is 10.1. The van der Waals surface area contributed by atoms with Gasteiger partial charge in [0.2, 0.25) is 0 Å². The van der Waals surface area contributed by atoms with Gasteiger partial charge in [-0.2, -0.15) is 0 Å². The van der Waals surface area contributed by atoms with Crippen LogP contribution in [0.1, 0.15) is 21.5 Å². The van der Waals surface area contributed by atoms with Crippen LogP contribution in [0.2, 0.25) is 0 Å². The molecule has 0 radical (unpaired) electrons. The molecule has 3 rings (SSSR count). The highest BCUT2D eigenvalue weighted by molar-refractivity contribution is 6.06. The molecule has 132 valence electrons. The van der Waals surface area contributed by atoms with E-state index in [1.165, 1.54) is 12.1 Å². The summed E-state index contributed by atoms with van der Waals surface area (Å²) in [7, 11) is 0. The summed E-state index contributed by atoms with van der Waals surface area (Å²) >= 11 is 0. The molecule has 0 atom stereocenters. The molecular weight excluding hydrogens is 333 g/mol. The second kappa shape index (κ2) is 8.22. The molecule has 0 spiro atoms. The van der Waals surface area contributed by atoms with Crippen molar-refractivity contribution in [2.75, 3.05) is 5.32 Å². The second-order valence-electron chi connectivity index (χ2n) is 5.65. The topological polar surface area (TPSA) is 77.2 Å². The lowest BCUT2D eigenvalue weighted by molar-refractivity contribution is 0.102. The van der Waals surface area contributed by atoms with E-state index in [2.05, 4.69) is 10.3 Å². The maximum Gasteiger partial charge on any atom is 0.259 e. The highest BCUT2D eigenvalue weighted by atomic mass is 19.1. The van der Waals surface area contributed by atoms with Crippen molar-refractivity contribution >= 4 is 11.6 Å². The number of anilines is 1. The van der Waals surface area contributed by atoms with Gasteiger partial charge in [0.25, 0.3) is 5.91 Å². The van der Waals surface area contributed by atoms with E-state index in [1.807, 2.05) is 0 Å². The van der Waals surface area contributed by atoms with E-state index in [1.54, 1.807) is 54.9 Å². The van der Waals surface area contributed by atoms with E-state index in [-0.39, 0.29) is 18.3 Å². The first-order chi connectivity index (χ1) is 12.7. The third kappa shape index (κ3) is 4.43. The fourth-order valence-corrected chi connectivity index (χ4v) is 2.38. The summed E-state index contributed by atoms with van der Waals surface area (Å²) in [5, 5.41) is 2.78. The van der Waals surface area contributed by atoms with E-state index < -0.39 is 0 Å².